The number of benzene rings is 2. The predicted octanol–water partition coefficient (Wildman–Crippen LogP) is 3.30. The van der Waals surface area contributed by atoms with Gasteiger partial charge in [0.2, 0.25) is 10.0 Å². The maximum absolute atomic E-state index is 11.9. The van der Waals surface area contributed by atoms with Crippen molar-refractivity contribution in [3.63, 3.8) is 0 Å². The zero-order valence-corrected chi connectivity index (χ0v) is 15.9. The number of halogens is 1. The van der Waals surface area contributed by atoms with Crippen molar-refractivity contribution in [2.45, 2.75) is 18.7 Å². The summed E-state index contributed by atoms with van der Waals surface area (Å²) in [5, 5.41) is 5.83. The average molecular weight is 401 g/mol. The second kappa shape index (κ2) is 7.67. The summed E-state index contributed by atoms with van der Waals surface area (Å²) in [6.45, 7) is 3.30. The van der Waals surface area contributed by atoms with E-state index >= 15 is 0 Å². The third-order valence-electron chi connectivity index (χ3n) is 3.36. The van der Waals surface area contributed by atoms with E-state index in [9.17, 15) is 17.2 Å². The van der Waals surface area contributed by atoms with Crippen LogP contribution in [0.15, 0.2) is 53.1 Å². The van der Waals surface area contributed by atoms with Gasteiger partial charge in [-0.2, -0.15) is 0 Å². The van der Waals surface area contributed by atoms with Crippen LogP contribution in [0.1, 0.15) is 18.1 Å². The number of sulfonamides is 1. The van der Waals surface area contributed by atoms with Crippen LogP contribution in [0.3, 0.4) is 0 Å². The van der Waals surface area contributed by atoms with Crippen LogP contribution in [0.25, 0.3) is 6.08 Å². The minimum absolute atomic E-state index is 0.0247. The molecule has 0 saturated heterocycles. The molecular formula is C16H17ClN2O4S2. The summed E-state index contributed by atoms with van der Waals surface area (Å²) in [5.41, 5.74) is 1.78. The number of allylic oxidation sites excluding steroid dienone is 1. The third-order valence-corrected chi connectivity index (χ3v) is 5.35. The van der Waals surface area contributed by atoms with Gasteiger partial charge < -0.3 is 0 Å². The number of aryl methyl sites for hydroxylation is 1. The summed E-state index contributed by atoms with van der Waals surface area (Å²) in [7, 11) is -4.08. The molecule has 0 aliphatic carbocycles. The smallest absolute Gasteiger partial charge is 0.266 e. The molecule has 0 radical (unpaired) electrons. The lowest BCUT2D eigenvalue weighted by Crippen LogP contribution is -2.26. The number of hydrogen-bond acceptors (Lipinski definition) is 3. The van der Waals surface area contributed by atoms with Gasteiger partial charge in [-0.25, -0.2) is 22.1 Å². The summed E-state index contributed by atoms with van der Waals surface area (Å²) >= 11 is 3.35. The fraction of sp³-hybridized carbons (Fsp3) is 0.125. The molecular weight excluding hydrogens is 384 g/mol. The maximum atomic E-state index is 11.9. The van der Waals surface area contributed by atoms with Crippen LogP contribution >= 0.6 is 11.6 Å². The van der Waals surface area contributed by atoms with E-state index in [0.717, 1.165) is 9.87 Å². The van der Waals surface area contributed by atoms with Gasteiger partial charge in [-0.3, -0.25) is 4.55 Å². The SMILES string of the molecule is C/C(=C/c1ccc(Cl)cc1)N(c1ccc(C)cc1S(N)(=O)=O)S(=O)O. The molecule has 2 rings (SSSR count). The zero-order chi connectivity index (χ0) is 18.8. The molecule has 25 heavy (non-hydrogen) atoms. The highest BCUT2D eigenvalue weighted by Crippen LogP contribution is 2.30. The number of primary sulfonamides is 1. The summed E-state index contributed by atoms with van der Waals surface area (Å²) in [6, 6.07) is 11.3. The van der Waals surface area contributed by atoms with E-state index in [0.29, 0.717) is 16.3 Å². The Morgan fingerprint density at radius 3 is 2.36 bits per heavy atom. The minimum atomic E-state index is -4.08. The van der Waals surface area contributed by atoms with Crippen molar-refractivity contribution < 1.29 is 17.2 Å². The molecule has 2 aromatic rings. The van der Waals surface area contributed by atoms with Crippen LogP contribution in [0.4, 0.5) is 5.69 Å². The van der Waals surface area contributed by atoms with Crippen LogP contribution in [-0.4, -0.2) is 17.2 Å². The first-order valence-electron chi connectivity index (χ1n) is 7.08. The first-order valence-corrected chi connectivity index (χ1v) is 10.1. The van der Waals surface area contributed by atoms with Gasteiger partial charge in [0.15, 0.2) is 0 Å². The number of rotatable bonds is 5. The highest BCUT2D eigenvalue weighted by molar-refractivity contribution is 7.89. The number of nitrogens with zero attached hydrogens (tertiary/aromatic N) is 1. The Kier molecular flexibility index (Phi) is 6.02. The topological polar surface area (TPSA) is 101 Å². The van der Waals surface area contributed by atoms with E-state index < -0.39 is 21.3 Å². The molecule has 134 valence electrons. The monoisotopic (exact) mass is 400 g/mol. The first kappa shape index (κ1) is 19.6. The molecule has 0 saturated carbocycles. The van der Waals surface area contributed by atoms with Crippen molar-refractivity contribution in [2.24, 2.45) is 5.14 Å². The van der Waals surface area contributed by atoms with E-state index in [2.05, 4.69) is 0 Å². The second-order valence-electron chi connectivity index (χ2n) is 5.38. The molecule has 0 spiro atoms. The molecule has 2 aromatic carbocycles. The first-order chi connectivity index (χ1) is 11.6. The van der Waals surface area contributed by atoms with E-state index in [-0.39, 0.29) is 10.6 Å². The molecule has 0 aliphatic rings. The van der Waals surface area contributed by atoms with Crippen LogP contribution in [0.2, 0.25) is 5.02 Å². The van der Waals surface area contributed by atoms with E-state index in [1.54, 1.807) is 50.3 Å². The fourth-order valence-corrected chi connectivity index (χ4v) is 3.88. The Bertz CT molecular complexity index is 941. The Morgan fingerprint density at radius 2 is 1.84 bits per heavy atom. The summed E-state index contributed by atoms with van der Waals surface area (Å²) in [6.07, 6.45) is 1.64. The Labute approximate surface area is 154 Å². The van der Waals surface area contributed by atoms with Crippen LogP contribution < -0.4 is 9.44 Å². The Morgan fingerprint density at radius 1 is 1.24 bits per heavy atom. The van der Waals surface area contributed by atoms with Crippen molar-refractivity contribution in [1.82, 2.24) is 0 Å². The Hall–Kier alpha value is -1.71. The van der Waals surface area contributed by atoms with Gasteiger partial charge in [-0.05, 0) is 55.3 Å². The van der Waals surface area contributed by atoms with Gasteiger partial charge in [0, 0.05) is 10.7 Å². The van der Waals surface area contributed by atoms with E-state index in [1.807, 2.05) is 0 Å². The van der Waals surface area contributed by atoms with Crippen molar-refractivity contribution in [3.8, 4) is 0 Å². The molecule has 0 amide bonds. The van der Waals surface area contributed by atoms with Gasteiger partial charge in [0.25, 0.3) is 11.3 Å². The molecule has 0 fully saturated rings. The lowest BCUT2D eigenvalue weighted by Gasteiger charge is -2.23. The van der Waals surface area contributed by atoms with Gasteiger partial charge in [0.05, 0.1) is 5.69 Å². The quantitative estimate of drug-likeness (QED) is 0.752. The van der Waals surface area contributed by atoms with Crippen molar-refractivity contribution in [2.75, 3.05) is 4.31 Å². The third kappa shape index (κ3) is 4.90. The number of nitrogens with two attached hydrogens (primary N) is 1. The molecule has 1 unspecified atom stereocenters. The lowest BCUT2D eigenvalue weighted by atomic mass is 10.2. The van der Waals surface area contributed by atoms with Gasteiger partial charge >= 0.3 is 0 Å². The second-order valence-corrected chi connectivity index (χ2v) is 8.17. The molecule has 0 aromatic heterocycles. The maximum Gasteiger partial charge on any atom is 0.266 e. The van der Waals surface area contributed by atoms with Gasteiger partial charge in [0.1, 0.15) is 4.90 Å². The van der Waals surface area contributed by atoms with Crippen molar-refractivity contribution in [3.05, 3.63) is 64.3 Å². The number of anilines is 1. The van der Waals surface area contributed by atoms with Crippen molar-refractivity contribution in [1.29, 1.82) is 0 Å². The van der Waals surface area contributed by atoms with Crippen molar-refractivity contribution >= 4 is 44.7 Å². The minimum Gasteiger partial charge on any atom is -0.289 e. The molecule has 0 aliphatic heterocycles. The normalized spacial score (nSPS) is 13.6. The zero-order valence-electron chi connectivity index (χ0n) is 13.5. The highest BCUT2D eigenvalue weighted by atomic mass is 35.5. The van der Waals surface area contributed by atoms with Crippen LogP contribution in [0, 0.1) is 6.92 Å². The molecule has 9 heteroatoms. The molecule has 0 bridgehead atoms. The standard InChI is InChI=1S/C16H17ClN2O4S2/c1-11-3-8-15(16(9-11)25(18,22)23)19(24(20)21)12(2)10-13-4-6-14(17)7-5-13/h3-10H,1-2H3,(H,20,21)(H2,18,22,23)/b12-10-. The number of hydrogen-bond donors (Lipinski definition) is 2. The van der Waals surface area contributed by atoms with Crippen LogP contribution in [0.5, 0.6) is 0 Å². The van der Waals surface area contributed by atoms with Gasteiger partial charge in [-0.15, -0.1) is 0 Å². The predicted molar refractivity (Wildman–Crippen MR) is 101 cm³/mol. The summed E-state index contributed by atoms with van der Waals surface area (Å²) in [5.74, 6) is 0. The average Bonchev–Trinajstić information content (AvgIpc) is 2.50. The highest BCUT2D eigenvalue weighted by Gasteiger charge is 2.23. The van der Waals surface area contributed by atoms with E-state index in [1.165, 1.54) is 12.1 Å². The van der Waals surface area contributed by atoms with Crippen LogP contribution in [-0.2, 0) is 21.3 Å². The summed E-state index contributed by atoms with van der Waals surface area (Å²) < 4.78 is 46.4. The molecule has 6 nitrogen and oxygen atoms in total. The largest absolute Gasteiger partial charge is 0.289 e. The fourth-order valence-electron chi connectivity index (χ4n) is 2.27. The summed E-state index contributed by atoms with van der Waals surface area (Å²) in [4.78, 5) is -0.223. The van der Waals surface area contributed by atoms with Gasteiger partial charge in [-0.1, -0.05) is 29.8 Å². The lowest BCUT2D eigenvalue weighted by molar-refractivity contribution is 0.562. The molecule has 1 atom stereocenters. The van der Waals surface area contributed by atoms with E-state index in [4.69, 9.17) is 16.7 Å². The molecule has 0 heterocycles. The Balaban J connectivity index is 2.59. The molecule has 3 N–H and O–H groups in total.